The van der Waals surface area contributed by atoms with Crippen LogP contribution in [0.3, 0.4) is 0 Å². The quantitative estimate of drug-likeness (QED) is 0.564. The number of nitrogens with one attached hydrogen (secondary N) is 1. The number of allylic oxidation sites excluding steroid dienone is 1. The Balaban J connectivity index is 0.00000196. The third-order valence-electron chi connectivity index (χ3n) is 8.08. The lowest BCUT2D eigenvalue weighted by molar-refractivity contribution is -0.132. The van der Waals surface area contributed by atoms with Gasteiger partial charge in [0.2, 0.25) is 0 Å². The molecule has 7 atom stereocenters. The lowest BCUT2D eigenvalue weighted by atomic mass is 9.46. The Morgan fingerprint density at radius 1 is 1.27 bits per heavy atom. The standard InChI is InChI=1S/C20H31NO3S.CH4/c1-19-9-8-13(22)10-12(19)4-5-14-15-6-7-17(23)20(15,2)11-16(18(14)19)24-25-21-3;/h10,14-18,21,23H,4-9,11H2,1-3H3;1H4. The van der Waals surface area contributed by atoms with Crippen molar-refractivity contribution in [2.45, 2.75) is 78.4 Å². The topological polar surface area (TPSA) is 58.6 Å². The molecule has 4 aliphatic rings. The SMILES string of the molecule is C.CNSOC1CC2(C)C(O)CCC2C2CCC3=CC(=O)CCC3(C)C12. The zero-order valence-electron chi connectivity index (χ0n) is 15.6. The van der Waals surface area contributed by atoms with E-state index in [0.29, 0.717) is 30.0 Å². The highest BCUT2D eigenvalue weighted by Gasteiger charge is 2.62. The van der Waals surface area contributed by atoms with E-state index in [1.165, 1.54) is 17.8 Å². The van der Waals surface area contributed by atoms with Crippen molar-refractivity contribution >= 4 is 18.0 Å². The van der Waals surface area contributed by atoms with Gasteiger partial charge in [0, 0.05) is 6.42 Å². The molecule has 26 heavy (non-hydrogen) atoms. The molecule has 0 aromatic heterocycles. The zero-order chi connectivity index (χ0) is 17.8. The van der Waals surface area contributed by atoms with E-state index < -0.39 is 0 Å². The zero-order valence-corrected chi connectivity index (χ0v) is 16.4. The van der Waals surface area contributed by atoms with Crippen LogP contribution < -0.4 is 4.72 Å². The molecule has 3 fully saturated rings. The first kappa shape index (κ1) is 20.4. The minimum Gasteiger partial charge on any atom is -0.393 e. The van der Waals surface area contributed by atoms with Gasteiger partial charge in [-0.3, -0.25) is 8.98 Å². The Morgan fingerprint density at radius 3 is 2.77 bits per heavy atom. The first-order chi connectivity index (χ1) is 11.9. The van der Waals surface area contributed by atoms with Crippen molar-refractivity contribution < 1.29 is 14.1 Å². The van der Waals surface area contributed by atoms with Crippen molar-refractivity contribution in [3.63, 3.8) is 0 Å². The van der Waals surface area contributed by atoms with Gasteiger partial charge in [-0.25, -0.2) is 4.72 Å². The van der Waals surface area contributed by atoms with E-state index in [2.05, 4.69) is 18.6 Å². The third-order valence-corrected chi connectivity index (χ3v) is 8.59. The van der Waals surface area contributed by atoms with Crippen LogP contribution in [0.4, 0.5) is 0 Å². The van der Waals surface area contributed by atoms with Crippen LogP contribution >= 0.6 is 12.2 Å². The molecule has 0 bridgehead atoms. The van der Waals surface area contributed by atoms with Crippen LogP contribution in [0.2, 0.25) is 0 Å². The Morgan fingerprint density at radius 2 is 2.04 bits per heavy atom. The molecule has 4 aliphatic carbocycles. The number of rotatable bonds is 3. The van der Waals surface area contributed by atoms with Gasteiger partial charge in [0.1, 0.15) is 0 Å². The molecule has 4 nitrogen and oxygen atoms in total. The molecule has 0 amide bonds. The summed E-state index contributed by atoms with van der Waals surface area (Å²) in [5.41, 5.74) is 1.41. The number of aliphatic hydroxyl groups is 1. The lowest BCUT2D eigenvalue weighted by Gasteiger charge is -2.60. The highest BCUT2D eigenvalue weighted by atomic mass is 32.2. The van der Waals surface area contributed by atoms with Crippen LogP contribution in [0.15, 0.2) is 11.6 Å². The van der Waals surface area contributed by atoms with Crippen LogP contribution in [0.5, 0.6) is 0 Å². The minimum absolute atomic E-state index is 0. The van der Waals surface area contributed by atoms with E-state index in [9.17, 15) is 9.90 Å². The van der Waals surface area contributed by atoms with Crippen molar-refractivity contribution in [2.75, 3.05) is 7.05 Å². The number of carbonyl (C=O) groups is 1. The summed E-state index contributed by atoms with van der Waals surface area (Å²) in [7, 11) is 1.88. The molecule has 5 heteroatoms. The maximum atomic E-state index is 12.0. The third kappa shape index (κ3) is 2.90. The van der Waals surface area contributed by atoms with Crippen LogP contribution in [0, 0.1) is 28.6 Å². The predicted molar refractivity (Wildman–Crippen MR) is 106 cm³/mol. The molecule has 4 rings (SSSR count). The summed E-state index contributed by atoms with van der Waals surface area (Å²) in [5, 5.41) is 10.7. The smallest absolute Gasteiger partial charge is 0.155 e. The summed E-state index contributed by atoms with van der Waals surface area (Å²) in [6.45, 7) is 4.65. The summed E-state index contributed by atoms with van der Waals surface area (Å²) in [5.74, 6) is 1.92. The number of carbonyl (C=O) groups excluding carboxylic acids is 1. The Bertz CT molecular complexity index is 594. The first-order valence-electron chi connectivity index (χ1n) is 9.81. The second kappa shape index (κ2) is 7.23. The van der Waals surface area contributed by atoms with Crippen molar-refractivity contribution in [2.24, 2.45) is 28.6 Å². The molecule has 148 valence electrons. The summed E-state index contributed by atoms with van der Waals surface area (Å²) < 4.78 is 9.30. The fourth-order valence-electron chi connectivity index (χ4n) is 6.82. The summed E-state index contributed by atoms with van der Waals surface area (Å²) in [6.07, 6.45) is 8.64. The predicted octanol–water partition coefficient (Wildman–Crippen LogP) is 4.29. The highest BCUT2D eigenvalue weighted by Crippen LogP contribution is 2.65. The van der Waals surface area contributed by atoms with Crippen LogP contribution in [-0.2, 0) is 8.98 Å². The van der Waals surface area contributed by atoms with Gasteiger partial charge in [0.15, 0.2) is 5.78 Å². The largest absolute Gasteiger partial charge is 0.393 e. The van der Waals surface area contributed by atoms with Gasteiger partial charge in [0.05, 0.1) is 24.4 Å². The van der Waals surface area contributed by atoms with Gasteiger partial charge in [0.25, 0.3) is 0 Å². The minimum atomic E-state index is -0.207. The number of hydrogen-bond donors (Lipinski definition) is 2. The maximum Gasteiger partial charge on any atom is 0.155 e. The van der Waals surface area contributed by atoms with Crippen molar-refractivity contribution in [3.05, 3.63) is 11.6 Å². The summed E-state index contributed by atoms with van der Waals surface area (Å²) in [6, 6.07) is 0. The Labute approximate surface area is 162 Å². The van der Waals surface area contributed by atoms with E-state index >= 15 is 0 Å². The molecule has 0 saturated heterocycles. The molecule has 7 unspecified atom stereocenters. The van der Waals surface area contributed by atoms with Crippen molar-refractivity contribution in [1.29, 1.82) is 0 Å². The fraction of sp³-hybridized carbons (Fsp3) is 0.857. The van der Waals surface area contributed by atoms with Gasteiger partial charge >= 0.3 is 0 Å². The molecule has 3 saturated carbocycles. The average molecular weight is 382 g/mol. The van der Waals surface area contributed by atoms with E-state index in [1.807, 2.05) is 13.1 Å². The highest BCUT2D eigenvalue weighted by molar-refractivity contribution is 7.92. The molecular formula is C21H35NO3S. The molecule has 0 heterocycles. The number of fused-ring (bicyclic) bond motifs is 5. The second-order valence-corrected chi connectivity index (χ2v) is 9.88. The van der Waals surface area contributed by atoms with Gasteiger partial charge in [-0.2, -0.15) is 0 Å². The summed E-state index contributed by atoms with van der Waals surface area (Å²) in [4.78, 5) is 12.0. The Kier molecular flexibility index (Phi) is 5.67. The van der Waals surface area contributed by atoms with Crippen LogP contribution in [0.25, 0.3) is 0 Å². The fourth-order valence-corrected chi connectivity index (χ4v) is 7.23. The first-order valence-corrected chi connectivity index (χ1v) is 10.6. The number of aliphatic hydroxyl groups excluding tert-OH is 1. The van der Waals surface area contributed by atoms with Crippen LogP contribution in [-0.4, -0.2) is 30.1 Å². The Hall–Kier alpha value is -0.360. The molecular weight excluding hydrogens is 346 g/mol. The van der Waals surface area contributed by atoms with Gasteiger partial charge in [-0.15, -0.1) is 0 Å². The van der Waals surface area contributed by atoms with E-state index in [4.69, 9.17) is 4.18 Å². The van der Waals surface area contributed by atoms with Crippen molar-refractivity contribution in [1.82, 2.24) is 4.72 Å². The summed E-state index contributed by atoms with van der Waals surface area (Å²) >= 11 is 1.33. The van der Waals surface area contributed by atoms with Gasteiger partial charge < -0.3 is 5.11 Å². The maximum absolute atomic E-state index is 12.0. The molecule has 0 spiro atoms. The normalized spacial score (nSPS) is 47.3. The molecule has 0 aliphatic heterocycles. The van der Waals surface area contributed by atoms with E-state index in [0.717, 1.165) is 38.5 Å². The lowest BCUT2D eigenvalue weighted by Crippen LogP contribution is -2.57. The number of ketones is 1. The van der Waals surface area contributed by atoms with Crippen LogP contribution in [0.1, 0.15) is 66.2 Å². The van der Waals surface area contributed by atoms with Crippen molar-refractivity contribution in [3.8, 4) is 0 Å². The second-order valence-electron chi connectivity index (χ2n) is 9.11. The number of hydrogen-bond acceptors (Lipinski definition) is 5. The molecule has 0 aromatic carbocycles. The average Bonchev–Trinajstić information content (AvgIpc) is 2.88. The van der Waals surface area contributed by atoms with Gasteiger partial charge in [-0.05, 0) is 80.2 Å². The van der Waals surface area contributed by atoms with E-state index in [-0.39, 0.29) is 30.5 Å². The molecule has 0 aromatic rings. The van der Waals surface area contributed by atoms with E-state index in [1.54, 1.807) is 0 Å². The molecule has 2 N–H and O–H groups in total. The monoisotopic (exact) mass is 381 g/mol. The molecule has 0 radical (unpaired) electrons. The van der Waals surface area contributed by atoms with Gasteiger partial charge in [-0.1, -0.05) is 26.8 Å².